The molecule has 1 rings (SSSR count). The van der Waals surface area contributed by atoms with Gasteiger partial charge in [0.2, 0.25) is 0 Å². The van der Waals surface area contributed by atoms with Crippen LogP contribution in [0.5, 0.6) is 0 Å². The van der Waals surface area contributed by atoms with E-state index < -0.39 is 5.97 Å². The van der Waals surface area contributed by atoms with Gasteiger partial charge in [-0.15, -0.1) is 11.3 Å². The Balaban J connectivity index is 2.05. The van der Waals surface area contributed by atoms with Gasteiger partial charge in [-0.3, -0.25) is 4.79 Å². The SMILES string of the molecule is O=C(O)CCCCNC(=O)NCc1ccc(Cl)s1. The minimum absolute atomic E-state index is 0.136. The van der Waals surface area contributed by atoms with Crippen molar-refractivity contribution < 1.29 is 14.7 Å². The average molecular weight is 291 g/mol. The molecule has 0 spiro atoms. The molecule has 2 amide bonds. The molecule has 0 aliphatic heterocycles. The van der Waals surface area contributed by atoms with Crippen LogP contribution in [-0.2, 0) is 11.3 Å². The third-order valence-electron chi connectivity index (χ3n) is 2.16. The summed E-state index contributed by atoms with van der Waals surface area (Å²) < 4.78 is 0.695. The first-order valence-electron chi connectivity index (χ1n) is 5.55. The summed E-state index contributed by atoms with van der Waals surface area (Å²) in [6.45, 7) is 0.919. The zero-order chi connectivity index (χ0) is 13.4. The number of carboxylic acids is 1. The number of rotatable bonds is 7. The van der Waals surface area contributed by atoms with Gasteiger partial charge in [0.25, 0.3) is 0 Å². The van der Waals surface area contributed by atoms with E-state index in [0.717, 1.165) is 4.88 Å². The van der Waals surface area contributed by atoms with Gasteiger partial charge in [0.05, 0.1) is 10.9 Å². The second-order valence-corrected chi connectivity index (χ2v) is 5.47. The van der Waals surface area contributed by atoms with E-state index in [1.165, 1.54) is 11.3 Å². The molecule has 3 N–H and O–H groups in total. The summed E-state index contributed by atoms with van der Waals surface area (Å²) in [7, 11) is 0. The summed E-state index contributed by atoms with van der Waals surface area (Å²) in [4.78, 5) is 22.6. The van der Waals surface area contributed by atoms with Gasteiger partial charge in [-0.1, -0.05) is 11.6 Å². The highest BCUT2D eigenvalue weighted by Crippen LogP contribution is 2.20. The summed E-state index contributed by atoms with van der Waals surface area (Å²) in [6, 6.07) is 3.39. The van der Waals surface area contributed by atoms with E-state index >= 15 is 0 Å². The lowest BCUT2D eigenvalue weighted by Gasteiger charge is -2.05. The Hall–Kier alpha value is -1.27. The molecule has 0 atom stereocenters. The highest BCUT2D eigenvalue weighted by Gasteiger charge is 2.02. The quantitative estimate of drug-likeness (QED) is 0.675. The fraction of sp³-hybridized carbons (Fsp3) is 0.455. The Morgan fingerprint density at radius 2 is 2.06 bits per heavy atom. The minimum atomic E-state index is -0.811. The molecule has 1 heterocycles. The van der Waals surface area contributed by atoms with Gasteiger partial charge < -0.3 is 15.7 Å². The fourth-order valence-corrected chi connectivity index (χ4v) is 2.31. The molecule has 7 heteroatoms. The van der Waals surface area contributed by atoms with Crippen molar-refractivity contribution in [2.24, 2.45) is 0 Å². The maximum Gasteiger partial charge on any atom is 0.315 e. The number of carboxylic acid groups (broad SMARTS) is 1. The van der Waals surface area contributed by atoms with Crippen LogP contribution in [0.2, 0.25) is 4.34 Å². The number of carbonyl (C=O) groups excluding carboxylic acids is 1. The minimum Gasteiger partial charge on any atom is -0.481 e. The van der Waals surface area contributed by atoms with E-state index in [-0.39, 0.29) is 12.5 Å². The first-order valence-corrected chi connectivity index (χ1v) is 6.75. The van der Waals surface area contributed by atoms with Crippen molar-refractivity contribution in [3.63, 3.8) is 0 Å². The lowest BCUT2D eigenvalue weighted by Crippen LogP contribution is -2.35. The number of urea groups is 1. The number of hydrogen-bond acceptors (Lipinski definition) is 3. The van der Waals surface area contributed by atoms with E-state index in [4.69, 9.17) is 16.7 Å². The summed E-state index contributed by atoms with van der Waals surface area (Å²) in [6.07, 6.45) is 1.36. The van der Waals surface area contributed by atoms with Crippen molar-refractivity contribution in [3.05, 3.63) is 21.3 Å². The standard InChI is InChI=1S/C11H15ClN2O3S/c12-9-5-4-8(18-9)7-14-11(17)13-6-2-1-3-10(15)16/h4-5H,1-3,6-7H2,(H,15,16)(H2,13,14,17). The molecule has 100 valence electrons. The molecule has 0 aromatic carbocycles. The summed E-state index contributed by atoms with van der Waals surface area (Å²) in [5.41, 5.74) is 0. The number of thiophene rings is 1. The van der Waals surface area contributed by atoms with Crippen molar-refractivity contribution in [1.82, 2.24) is 10.6 Å². The Kier molecular flexibility index (Phi) is 6.53. The zero-order valence-electron chi connectivity index (χ0n) is 9.74. The van der Waals surface area contributed by atoms with Crippen LogP contribution in [0.4, 0.5) is 4.79 Å². The number of nitrogens with one attached hydrogen (secondary N) is 2. The topological polar surface area (TPSA) is 78.4 Å². The van der Waals surface area contributed by atoms with Crippen LogP contribution in [0.25, 0.3) is 0 Å². The molecule has 0 saturated carbocycles. The number of hydrogen-bond donors (Lipinski definition) is 3. The summed E-state index contributed by atoms with van der Waals surface area (Å²) >= 11 is 7.18. The van der Waals surface area contributed by atoms with Crippen molar-refractivity contribution in [3.8, 4) is 0 Å². The first kappa shape index (κ1) is 14.8. The molecule has 0 fully saturated rings. The van der Waals surface area contributed by atoms with Crippen LogP contribution in [0, 0.1) is 0 Å². The zero-order valence-corrected chi connectivity index (χ0v) is 11.3. The van der Waals surface area contributed by atoms with Gasteiger partial charge in [0.15, 0.2) is 0 Å². The highest BCUT2D eigenvalue weighted by atomic mass is 35.5. The smallest absolute Gasteiger partial charge is 0.315 e. The maximum absolute atomic E-state index is 11.4. The van der Waals surface area contributed by atoms with Crippen LogP contribution in [-0.4, -0.2) is 23.7 Å². The molecule has 18 heavy (non-hydrogen) atoms. The van der Waals surface area contributed by atoms with Crippen LogP contribution >= 0.6 is 22.9 Å². The van der Waals surface area contributed by atoms with Crippen LogP contribution < -0.4 is 10.6 Å². The molecular formula is C11H15ClN2O3S. The molecule has 0 aliphatic rings. The third-order valence-corrected chi connectivity index (χ3v) is 3.39. The molecule has 0 saturated heterocycles. The van der Waals surface area contributed by atoms with Gasteiger partial charge in [-0.2, -0.15) is 0 Å². The van der Waals surface area contributed by atoms with Gasteiger partial charge in [-0.05, 0) is 25.0 Å². The molecule has 0 radical (unpaired) electrons. The van der Waals surface area contributed by atoms with Crippen molar-refractivity contribution in [2.45, 2.75) is 25.8 Å². The van der Waals surface area contributed by atoms with Gasteiger partial charge in [0, 0.05) is 17.8 Å². The van der Waals surface area contributed by atoms with Crippen LogP contribution in [0.3, 0.4) is 0 Å². The predicted molar refractivity (Wildman–Crippen MR) is 71.1 cm³/mol. The fourth-order valence-electron chi connectivity index (χ4n) is 1.28. The maximum atomic E-state index is 11.4. The lowest BCUT2D eigenvalue weighted by atomic mass is 10.2. The second-order valence-electron chi connectivity index (χ2n) is 3.67. The van der Waals surface area contributed by atoms with E-state index in [2.05, 4.69) is 10.6 Å². The summed E-state index contributed by atoms with van der Waals surface area (Å²) in [5, 5.41) is 13.8. The van der Waals surface area contributed by atoms with Gasteiger partial charge in [-0.25, -0.2) is 4.79 Å². The lowest BCUT2D eigenvalue weighted by molar-refractivity contribution is -0.137. The van der Waals surface area contributed by atoms with Crippen molar-refractivity contribution in [1.29, 1.82) is 0 Å². The Labute approximate surface area is 114 Å². The van der Waals surface area contributed by atoms with Crippen molar-refractivity contribution >= 4 is 34.9 Å². The third kappa shape index (κ3) is 6.46. The Morgan fingerprint density at radius 1 is 1.28 bits per heavy atom. The molecule has 5 nitrogen and oxygen atoms in total. The van der Waals surface area contributed by atoms with Gasteiger partial charge in [0.1, 0.15) is 0 Å². The molecule has 0 unspecified atom stereocenters. The monoisotopic (exact) mass is 290 g/mol. The Bertz CT molecular complexity index is 409. The normalized spacial score (nSPS) is 10.1. The van der Waals surface area contributed by atoms with Gasteiger partial charge >= 0.3 is 12.0 Å². The number of amides is 2. The first-order chi connectivity index (χ1) is 8.58. The largest absolute Gasteiger partial charge is 0.481 e. The van der Waals surface area contributed by atoms with Crippen LogP contribution in [0.1, 0.15) is 24.1 Å². The highest BCUT2D eigenvalue weighted by molar-refractivity contribution is 7.16. The summed E-state index contributed by atoms with van der Waals surface area (Å²) in [5.74, 6) is -0.811. The number of halogens is 1. The van der Waals surface area contributed by atoms with Crippen molar-refractivity contribution in [2.75, 3.05) is 6.54 Å². The van der Waals surface area contributed by atoms with E-state index in [0.29, 0.717) is 30.3 Å². The molecule has 0 bridgehead atoms. The number of unbranched alkanes of at least 4 members (excludes halogenated alkanes) is 1. The molecule has 1 aromatic heterocycles. The van der Waals surface area contributed by atoms with Crippen LogP contribution in [0.15, 0.2) is 12.1 Å². The molecular weight excluding hydrogens is 276 g/mol. The van der Waals surface area contributed by atoms with E-state index in [1.807, 2.05) is 6.07 Å². The second kappa shape index (κ2) is 7.94. The number of carbonyl (C=O) groups is 2. The predicted octanol–water partition coefficient (Wildman–Crippen LogP) is 2.46. The average Bonchev–Trinajstić information content (AvgIpc) is 2.71. The Morgan fingerprint density at radius 3 is 2.67 bits per heavy atom. The molecule has 0 aliphatic carbocycles. The van der Waals surface area contributed by atoms with E-state index in [1.54, 1.807) is 6.07 Å². The van der Waals surface area contributed by atoms with E-state index in [9.17, 15) is 9.59 Å². The molecule has 1 aromatic rings. The number of aliphatic carboxylic acids is 1.